The van der Waals surface area contributed by atoms with Crippen molar-refractivity contribution in [2.24, 2.45) is 5.92 Å². The molecule has 6 heteroatoms. The number of benzene rings is 1. The molecular weight excluding hydrogens is 450 g/mol. The molecule has 1 aromatic heterocycles. The van der Waals surface area contributed by atoms with Gasteiger partial charge in [-0.05, 0) is 89.1 Å². The van der Waals surface area contributed by atoms with Crippen LogP contribution < -0.4 is 4.74 Å². The number of aryl methyl sites for hydroxylation is 1. The van der Waals surface area contributed by atoms with E-state index in [4.69, 9.17) is 4.74 Å². The van der Waals surface area contributed by atoms with Gasteiger partial charge >= 0.3 is 6.09 Å². The average molecular weight is 497 g/mol. The van der Waals surface area contributed by atoms with Gasteiger partial charge in [-0.2, -0.15) is 4.79 Å². The average Bonchev–Trinajstić information content (AvgIpc) is 2.86. The largest absolute Gasteiger partial charge is 0.513 e. The fourth-order valence-corrected chi connectivity index (χ4v) is 6.13. The van der Waals surface area contributed by atoms with E-state index in [-0.39, 0.29) is 16.1 Å². The lowest BCUT2D eigenvalue weighted by Gasteiger charge is -2.47. The molecule has 0 unspecified atom stereocenters. The van der Waals surface area contributed by atoms with Crippen LogP contribution in [-0.2, 0) is 6.42 Å². The van der Waals surface area contributed by atoms with E-state index in [0.717, 1.165) is 76.1 Å². The van der Waals surface area contributed by atoms with Crippen LogP contribution in [0, 0.1) is 5.92 Å². The van der Waals surface area contributed by atoms with Crippen LogP contribution in [0.3, 0.4) is 0 Å². The number of rotatable bonds is 8. The Hall–Kier alpha value is -2.18. The normalized spacial score (nSPS) is 24.2. The highest BCUT2D eigenvalue weighted by molar-refractivity contribution is 5.85. The summed E-state index contributed by atoms with van der Waals surface area (Å²) in [6.45, 7) is 13.2. The number of pyridine rings is 1. The molecule has 2 aliphatic heterocycles. The maximum atomic E-state index is 12.1. The van der Waals surface area contributed by atoms with Gasteiger partial charge in [0, 0.05) is 37.5 Å². The maximum absolute atomic E-state index is 12.1. The number of piperidine rings is 2. The highest BCUT2D eigenvalue weighted by Crippen LogP contribution is 2.34. The zero-order valence-corrected chi connectivity index (χ0v) is 22.8. The van der Waals surface area contributed by atoms with Crippen LogP contribution in [0.1, 0.15) is 78.2 Å². The van der Waals surface area contributed by atoms with Gasteiger partial charge in [-0.15, -0.1) is 0 Å². The number of hydrogen-bond acceptors (Lipinski definition) is 4. The second-order valence-corrected chi connectivity index (χ2v) is 12.0. The van der Waals surface area contributed by atoms with Crippen LogP contribution in [0.5, 0.6) is 5.75 Å². The van der Waals surface area contributed by atoms with E-state index in [1.54, 1.807) is 0 Å². The Morgan fingerprint density at radius 3 is 2.53 bits per heavy atom. The van der Waals surface area contributed by atoms with Gasteiger partial charge in [0.25, 0.3) is 0 Å². The molecule has 2 fully saturated rings. The van der Waals surface area contributed by atoms with Crippen LogP contribution in [0.25, 0.3) is 10.9 Å². The quantitative estimate of drug-likeness (QED) is 0.422. The third-order valence-corrected chi connectivity index (χ3v) is 8.72. The van der Waals surface area contributed by atoms with Crippen molar-refractivity contribution < 1.29 is 19.1 Å². The van der Waals surface area contributed by atoms with Gasteiger partial charge in [-0.3, -0.25) is 4.98 Å². The van der Waals surface area contributed by atoms with E-state index in [0.29, 0.717) is 5.92 Å². The molecule has 1 amide bonds. The predicted molar refractivity (Wildman–Crippen MR) is 146 cm³/mol. The smallest absolute Gasteiger partial charge is 0.488 e. The number of ether oxygens (including phenoxy) is 1. The SMILES string of the molecule is CCCCc1cc(OC2CCN(CCC3CC[N+](C(=O)O)(C(C)(C)C)CC3)CC2)c2ncccc2c1. The first kappa shape index (κ1) is 26.9. The van der Waals surface area contributed by atoms with Gasteiger partial charge in [0.1, 0.15) is 22.9 Å². The minimum atomic E-state index is -0.665. The highest BCUT2D eigenvalue weighted by atomic mass is 16.5. The summed E-state index contributed by atoms with van der Waals surface area (Å²) in [5, 5.41) is 11.1. The Kier molecular flexibility index (Phi) is 8.56. The summed E-state index contributed by atoms with van der Waals surface area (Å²) < 4.78 is 6.77. The van der Waals surface area contributed by atoms with Gasteiger partial charge in [0.05, 0.1) is 13.1 Å². The number of fused-ring (bicyclic) bond motifs is 1. The first-order valence-electron chi connectivity index (χ1n) is 14.1. The number of carbonyl (C=O) groups is 1. The number of amides is 1. The zero-order chi connectivity index (χ0) is 25.8. The Morgan fingerprint density at radius 1 is 1.17 bits per heavy atom. The molecule has 1 aromatic carbocycles. The number of nitrogens with zero attached hydrogens (tertiary/aromatic N) is 3. The standard InChI is InChI=1S/C30H45N3O3/c1-5-6-8-24-21-25-9-7-15-31-28(25)27(22-24)36-26-11-17-32(18-12-26)16-10-23-13-19-33(20-14-23,29(34)35)30(2,3)4/h7,9,15,21-23,26H,5-6,8,10-14,16-20H2,1-4H3/p+1. The van der Waals surface area contributed by atoms with E-state index < -0.39 is 6.09 Å². The second kappa shape index (κ2) is 11.5. The third kappa shape index (κ3) is 6.03. The monoisotopic (exact) mass is 496 g/mol. The molecule has 2 aliphatic rings. The lowest BCUT2D eigenvalue weighted by atomic mass is 9.87. The zero-order valence-electron chi connectivity index (χ0n) is 22.8. The van der Waals surface area contributed by atoms with Crippen molar-refractivity contribution in [2.75, 3.05) is 32.7 Å². The number of likely N-dealkylation sites (tertiary alicyclic amines) is 2. The molecule has 0 radical (unpaired) electrons. The molecule has 0 saturated carbocycles. The van der Waals surface area contributed by atoms with Crippen LogP contribution in [0.4, 0.5) is 4.79 Å². The Morgan fingerprint density at radius 2 is 1.89 bits per heavy atom. The summed E-state index contributed by atoms with van der Waals surface area (Å²) in [6.07, 6.45) is 10.2. The first-order valence-corrected chi connectivity index (χ1v) is 14.1. The lowest BCUT2D eigenvalue weighted by Crippen LogP contribution is -2.66. The summed E-state index contributed by atoms with van der Waals surface area (Å²) >= 11 is 0. The van der Waals surface area contributed by atoms with Gasteiger partial charge < -0.3 is 14.7 Å². The number of aromatic nitrogens is 1. The number of carboxylic acid groups (broad SMARTS) is 1. The molecule has 1 N–H and O–H groups in total. The van der Waals surface area contributed by atoms with Gasteiger partial charge in [0.2, 0.25) is 0 Å². The molecule has 198 valence electrons. The topological polar surface area (TPSA) is 62.7 Å². The third-order valence-electron chi connectivity index (χ3n) is 8.72. The molecule has 0 atom stereocenters. The number of hydrogen-bond donors (Lipinski definition) is 1. The van der Waals surface area contributed by atoms with Crippen LogP contribution in [-0.4, -0.2) is 69.9 Å². The fourth-order valence-electron chi connectivity index (χ4n) is 6.13. The molecule has 0 bridgehead atoms. The minimum absolute atomic E-state index is 0.204. The molecule has 4 rings (SSSR count). The van der Waals surface area contributed by atoms with E-state index >= 15 is 0 Å². The second-order valence-electron chi connectivity index (χ2n) is 12.0. The van der Waals surface area contributed by atoms with Crippen molar-refractivity contribution in [3.63, 3.8) is 0 Å². The van der Waals surface area contributed by atoms with Gasteiger partial charge in [-0.1, -0.05) is 19.4 Å². The van der Waals surface area contributed by atoms with Crippen LogP contribution in [0.15, 0.2) is 30.5 Å². The molecule has 2 aromatic rings. The van der Waals surface area contributed by atoms with Crippen molar-refractivity contribution in [3.05, 3.63) is 36.0 Å². The maximum Gasteiger partial charge on any atom is 0.513 e. The molecule has 36 heavy (non-hydrogen) atoms. The van der Waals surface area contributed by atoms with Crippen molar-refractivity contribution in [1.29, 1.82) is 0 Å². The number of unbranched alkanes of at least 4 members (excludes halogenated alkanes) is 1. The first-order chi connectivity index (χ1) is 17.2. The summed E-state index contributed by atoms with van der Waals surface area (Å²) in [4.78, 5) is 19.3. The van der Waals surface area contributed by atoms with E-state index in [1.165, 1.54) is 30.2 Å². The highest BCUT2D eigenvalue weighted by Gasteiger charge is 2.49. The van der Waals surface area contributed by atoms with E-state index in [1.807, 2.05) is 12.3 Å². The van der Waals surface area contributed by atoms with Crippen molar-refractivity contribution in [2.45, 2.75) is 90.7 Å². The fraction of sp³-hybridized carbons (Fsp3) is 0.667. The van der Waals surface area contributed by atoms with Crippen LogP contribution >= 0.6 is 0 Å². The van der Waals surface area contributed by atoms with Gasteiger partial charge in [-0.25, -0.2) is 4.48 Å². The summed E-state index contributed by atoms with van der Waals surface area (Å²) in [7, 11) is 0. The van der Waals surface area contributed by atoms with Crippen molar-refractivity contribution in [3.8, 4) is 5.75 Å². The van der Waals surface area contributed by atoms with Gasteiger partial charge in [0.15, 0.2) is 0 Å². The predicted octanol–water partition coefficient (Wildman–Crippen LogP) is 6.51. The lowest BCUT2D eigenvalue weighted by molar-refractivity contribution is -0.909. The summed E-state index contributed by atoms with van der Waals surface area (Å²) in [6, 6.07) is 8.62. The summed E-state index contributed by atoms with van der Waals surface area (Å²) in [5.74, 6) is 1.58. The summed E-state index contributed by atoms with van der Waals surface area (Å²) in [5.41, 5.74) is 2.06. The van der Waals surface area contributed by atoms with E-state index in [9.17, 15) is 9.90 Å². The molecule has 3 heterocycles. The van der Waals surface area contributed by atoms with E-state index in [2.05, 4.69) is 55.8 Å². The minimum Gasteiger partial charge on any atom is -0.488 e. The molecule has 2 saturated heterocycles. The van der Waals surface area contributed by atoms with Crippen molar-refractivity contribution >= 4 is 17.0 Å². The molecular formula is C30H46N3O3+. The Balaban J connectivity index is 1.27. The molecule has 0 aliphatic carbocycles. The molecule has 0 spiro atoms. The Labute approximate surface area is 217 Å². The number of quaternary nitrogens is 1. The molecule has 6 nitrogen and oxygen atoms in total. The van der Waals surface area contributed by atoms with Crippen molar-refractivity contribution in [1.82, 2.24) is 9.88 Å². The Bertz CT molecular complexity index is 1020. The van der Waals surface area contributed by atoms with Crippen LogP contribution in [0.2, 0.25) is 0 Å².